The second-order valence-electron chi connectivity index (χ2n) is 19.1. The monoisotopic (exact) mass is 945 g/mol. The van der Waals surface area contributed by atoms with Gasteiger partial charge in [-0.2, -0.15) is 0 Å². The summed E-state index contributed by atoms with van der Waals surface area (Å²) in [5, 5.41) is 2.97. The van der Waals surface area contributed by atoms with Crippen molar-refractivity contribution in [2.45, 2.75) is 232 Å². The van der Waals surface area contributed by atoms with Gasteiger partial charge in [0.25, 0.3) is 7.82 Å². The number of hydrogen-bond acceptors (Lipinski definition) is 7. The maximum atomic E-state index is 13.4. The number of esters is 1. The van der Waals surface area contributed by atoms with E-state index in [0.717, 1.165) is 64.2 Å². The van der Waals surface area contributed by atoms with Crippen LogP contribution in [0.25, 0.3) is 0 Å². The summed E-state index contributed by atoms with van der Waals surface area (Å²) in [7, 11) is 1.14. The van der Waals surface area contributed by atoms with E-state index in [9.17, 15) is 19.0 Å². The second-order valence-corrected chi connectivity index (χ2v) is 20.5. The predicted octanol–water partition coefficient (Wildman–Crippen LogP) is 15.1. The van der Waals surface area contributed by atoms with Gasteiger partial charge in [0.05, 0.1) is 33.8 Å². The van der Waals surface area contributed by atoms with Gasteiger partial charge in [0.2, 0.25) is 5.91 Å². The molecule has 0 aliphatic rings. The Kier molecular flexibility index (Phi) is 44.4. The summed E-state index contributed by atoms with van der Waals surface area (Å²) in [6, 6.07) is -0.924. The zero-order valence-corrected chi connectivity index (χ0v) is 44.3. The number of quaternary nitrogens is 1. The molecule has 0 bridgehead atoms. The van der Waals surface area contributed by atoms with Gasteiger partial charge in [0.15, 0.2) is 0 Å². The summed E-state index contributed by atoms with van der Waals surface area (Å²) in [4.78, 5) is 39.7. The molecule has 1 N–H and O–H groups in total. The van der Waals surface area contributed by atoms with Crippen LogP contribution in [0.3, 0.4) is 0 Å². The summed E-state index contributed by atoms with van der Waals surface area (Å²) in [5.74, 6) is -0.638. The maximum absolute atomic E-state index is 13.4. The lowest BCUT2D eigenvalue weighted by atomic mass is 10.1. The van der Waals surface area contributed by atoms with Crippen molar-refractivity contribution in [1.29, 1.82) is 0 Å². The lowest BCUT2D eigenvalue weighted by Crippen LogP contribution is -2.47. The molecule has 0 fully saturated rings. The highest BCUT2D eigenvalue weighted by atomic mass is 31.2. The Morgan fingerprint density at radius 2 is 1.05 bits per heavy atom. The summed E-state index contributed by atoms with van der Waals surface area (Å²) >= 11 is 0. The van der Waals surface area contributed by atoms with Crippen LogP contribution in [-0.4, -0.2) is 69.4 Å². The van der Waals surface area contributed by atoms with E-state index in [1.807, 2.05) is 33.3 Å². The van der Waals surface area contributed by atoms with Crippen LogP contribution in [0, 0.1) is 0 Å². The molecule has 0 aromatic rings. The summed E-state index contributed by atoms with van der Waals surface area (Å²) in [6.45, 7) is 6.63. The van der Waals surface area contributed by atoms with Crippen molar-refractivity contribution in [3.05, 3.63) is 72.9 Å². The number of phosphoric acid groups is 1. The van der Waals surface area contributed by atoms with Gasteiger partial charge in [-0.05, 0) is 70.3 Å². The Hall–Kier alpha value is -2.55. The van der Waals surface area contributed by atoms with Crippen LogP contribution in [0.2, 0.25) is 0 Å². The SMILES string of the molecule is CC/C=C/C=C/C=C/CCCCCCCCCC(=O)OC(/C=C/CCCCCCCCCCCC)C(COP(=O)([O-])OCC[N+](C)(C)C)NC(=O)CC/C=C/C/C=C\CCCCCCCC. The number of nitrogens with one attached hydrogen (secondary N) is 1. The molecule has 3 unspecified atom stereocenters. The molecule has 0 radical (unpaired) electrons. The molecule has 0 aromatic carbocycles. The van der Waals surface area contributed by atoms with E-state index in [4.69, 9.17) is 13.8 Å². The molecule has 3 atom stereocenters. The number of allylic oxidation sites excluding steroid dienone is 11. The first-order chi connectivity index (χ1) is 31.9. The van der Waals surface area contributed by atoms with Crippen molar-refractivity contribution in [3.63, 3.8) is 0 Å². The molecular formula is C56H101N2O7P. The van der Waals surface area contributed by atoms with Crippen molar-refractivity contribution in [2.24, 2.45) is 0 Å². The summed E-state index contributed by atoms with van der Waals surface area (Å²) in [6.07, 6.45) is 57.4. The Labute approximate surface area is 406 Å². The van der Waals surface area contributed by atoms with Crippen LogP contribution in [-0.2, 0) is 27.9 Å². The van der Waals surface area contributed by atoms with Crippen molar-refractivity contribution >= 4 is 19.7 Å². The third-order valence-corrected chi connectivity index (χ3v) is 12.4. The first-order valence-electron chi connectivity index (χ1n) is 26.8. The van der Waals surface area contributed by atoms with Gasteiger partial charge in [-0.1, -0.05) is 210 Å². The van der Waals surface area contributed by atoms with Gasteiger partial charge < -0.3 is 28.5 Å². The van der Waals surface area contributed by atoms with Crippen LogP contribution in [0.4, 0.5) is 0 Å². The Bertz CT molecular complexity index is 1370. The highest BCUT2D eigenvalue weighted by Crippen LogP contribution is 2.38. The molecule has 1 amide bonds. The maximum Gasteiger partial charge on any atom is 0.306 e. The number of amides is 1. The number of hydrogen-bond donors (Lipinski definition) is 1. The molecule has 0 saturated carbocycles. The van der Waals surface area contributed by atoms with E-state index < -0.39 is 26.6 Å². The molecule has 0 aliphatic heterocycles. The lowest BCUT2D eigenvalue weighted by molar-refractivity contribution is -0.870. The minimum Gasteiger partial charge on any atom is -0.756 e. The van der Waals surface area contributed by atoms with Gasteiger partial charge in [-0.3, -0.25) is 14.2 Å². The van der Waals surface area contributed by atoms with Crippen molar-refractivity contribution in [2.75, 3.05) is 40.9 Å². The zero-order chi connectivity index (χ0) is 48.7. The molecular weight excluding hydrogens is 844 g/mol. The number of phosphoric ester groups is 1. The fraction of sp³-hybridized carbons (Fsp3) is 0.750. The predicted molar refractivity (Wildman–Crippen MR) is 279 cm³/mol. The standard InChI is InChI=1S/C56H101N2O7P/c1-7-10-13-16-19-22-25-28-29-31-34-37-40-43-46-49-56(60)65-54(47-44-41-38-35-32-27-24-21-18-15-12-9-3)53(52-64-66(61,62)63-51-50-58(4,5)6)57-55(59)48-45-42-39-36-33-30-26-23-20-17-14-11-8-2/h10,13,16,19,22,25,30,33,39,42,44,47,53-54H,7-9,11-12,14-15,17-18,20-21,23-24,26-29,31-32,34-38,40-41,43,45-46,48-52H2,1-6H3,(H-,57,59,61,62)/b13-10+,19-16+,25-22+,33-30-,42-39+,47-44+. The number of carbonyl (C=O) groups is 2. The molecule has 0 saturated heterocycles. The van der Waals surface area contributed by atoms with Crippen molar-refractivity contribution in [1.82, 2.24) is 5.32 Å². The average Bonchev–Trinajstić information content (AvgIpc) is 3.27. The molecule has 0 aliphatic carbocycles. The van der Waals surface area contributed by atoms with Crippen LogP contribution < -0.4 is 10.2 Å². The molecule has 9 nitrogen and oxygen atoms in total. The topological polar surface area (TPSA) is 114 Å². The number of nitrogens with zero attached hydrogens (tertiary/aromatic N) is 1. The quantitative estimate of drug-likeness (QED) is 0.0161. The fourth-order valence-electron chi connectivity index (χ4n) is 7.28. The average molecular weight is 945 g/mol. The van der Waals surface area contributed by atoms with E-state index in [-0.39, 0.29) is 31.3 Å². The van der Waals surface area contributed by atoms with Gasteiger partial charge >= 0.3 is 5.97 Å². The van der Waals surface area contributed by atoms with Gasteiger partial charge in [0, 0.05) is 12.8 Å². The van der Waals surface area contributed by atoms with Crippen LogP contribution in [0.5, 0.6) is 0 Å². The van der Waals surface area contributed by atoms with Crippen LogP contribution in [0.1, 0.15) is 220 Å². The first kappa shape index (κ1) is 63.5. The molecule has 10 heteroatoms. The molecule has 0 aromatic heterocycles. The third kappa shape index (κ3) is 46.6. The van der Waals surface area contributed by atoms with Crippen molar-refractivity contribution < 1.29 is 37.3 Å². The summed E-state index contributed by atoms with van der Waals surface area (Å²) < 4.78 is 30.1. The molecule has 382 valence electrons. The molecule has 0 heterocycles. The third-order valence-electron chi connectivity index (χ3n) is 11.4. The number of carbonyl (C=O) groups excluding carboxylic acids is 2. The number of rotatable bonds is 47. The molecule has 0 spiro atoms. The van der Waals surface area contributed by atoms with Gasteiger partial charge in [-0.15, -0.1) is 0 Å². The van der Waals surface area contributed by atoms with E-state index in [1.165, 1.54) is 109 Å². The first-order valence-corrected chi connectivity index (χ1v) is 28.2. The number of unbranched alkanes of at least 4 members (excludes halogenated alkanes) is 23. The Balaban J connectivity index is 5.50. The Morgan fingerprint density at radius 3 is 1.59 bits per heavy atom. The Morgan fingerprint density at radius 1 is 0.561 bits per heavy atom. The van der Waals surface area contributed by atoms with Gasteiger partial charge in [-0.25, -0.2) is 0 Å². The van der Waals surface area contributed by atoms with Crippen LogP contribution >= 0.6 is 7.82 Å². The van der Waals surface area contributed by atoms with Gasteiger partial charge in [0.1, 0.15) is 19.3 Å². The zero-order valence-electron chi connectivity index (χ0n) is 43.4. The molecule has 0 rings (SSSR count). The smallest absolute Gasteiger partial charge is 0.306 e. The highest BCUT2D eigenvalue weighted by molar-refractivity contribution is 7.45. The minimum absolute atomic E-state index is 0.0361. The summed E-state index contributed by atoms with van der Waals surface area (Å²) in [5.41, 5.74) is 0. The lowest BCUT2D eigenvalue weighted by Gasteiger charge is -2.30. The van der Waals surface area contributed by atoms with Crippen LogP contribution in [0.15, 0.2) is 72.9 Å². The number of ether oxygens (including phenoxy) is 1. The fourth-order valence-corrected chi connectivity index (χ4v) is 8.00. The number of likely N-dealkylation sites (N-methyl/N-ethyl adjacent to an activating group) is 1. The van der Waals surface area contributed by atoms with E-state index in [1.54, 1.807) is 6.08 Å². The normalized spacial score (nSPS) is 14.5. The van der Waals surface area contributed by atoms with E-state index in [2.05, 4.69) is 80.8 Å². The largest absolute Gasteiger partial charge is 0.756 e. The highest BCUT2D eigenvalue weighted by Gasteiger charge is 2.27. The van der Waals surface area contributed by atoms with E-state index >= 15 is 0 Å². The van der Waals surface area contributed by atoms with Crippen molar-refractivity contribution in [3.8, 4) is 0 Å². The van der Waals surface area contributed by atoms with E-state index in [0.29, 0.717) is 23.9 Å². The second kappa shape index (κ2) is 46.2. The molecule has 66 heavy (non-hydrogen) atoms. The minimum atomic E-state index is -4.71.